The van der Waals surface area contributed by atoms with Gasteiger partial charge in [-0.25, -0.2) is 0 Å². The molecular weight excluding hydrogens is 250 g/mol. The zero-order valence-electron chi connectivity index (χ0n) is 11.6. The van der Waals surface area contributed by atoms with E-state index in [0.717, 1.165) is 5.56 Å². The van der Waals surface area contributed by atoms with Gasteiger partial charge in [0.25, 0.3) is 0 Å². The summed E-state index contributed by atoms with van der Waals surface area (Å²) in [4.78, 5) is 11.7. The van der Waals surface area contributed by atoms with Crippen molar-refractivity contribution < 1.29 is 9.53 Å². The van der Waals surface area contributed by atoms with Crippen molar-refractivity contribution in [3.63, 3.8) is 0 Å². The lowest BCUT2D eigenvalue weighted by Gasteiger charge is -2.29. The summed E-state index contributed by atoms with van der Waals surface area (Å²) in [6.07, 6.45) is 0. The van der Waals surface area contributed by atoms with Gasteiger partial charge in [0.05, 0.1) is 12.5 Å². The fraction of sp³-hybridized carbons (Fsp3) is 0.500. The molecule has 0 unspecified atom stereocenters. The summed E-state index contributed by atoms with van der Waals surface area (Å²) in [6, 6.07) is 5.66. The highest BCUT2D eigenvalue weighted by Gasteiger charge is 2.36. The molecule has 2 N–H and O–H groups in total. The first-order valence-corrected chi connectivity index (χ1v) is 5.72. The lowest BCUT2D eigenvalue weighted by atomic mass is 9.80. The molecular formula is C14H22ClNO2. The van der Waals surface area contributed by atoms with E-state index in [-0.39, 0.29) is 24.4 Å². The third-order valence-electron chi connectivity index (χ3n) is 3.38. The lowest BCUT2D eigenvalue weighted by molar-refractivity contribution is -0.152. The predicted molar refractivity (Wildman–Crippen MR) is 75.9 cm³/mol. The second-order valence-electron chi connectivity index (χ2n) is 5.03. The molecule has 0 aliphatic heterocycles. The van der Waals surface area contributed by atoms with Crippen molar-refractivity contribution in [2.75, 3.05) is 7.11 Å². The maximum Gasteiger partial charge on any atom is 0.313 e. The van der Waals surface area contributed by atoms with Crippen LogP contribution >= 0.6 is 12.4 Å². The predicted octanol–water partition coefficient (Wildman–Crippen LogP) is 2.92. The molecule has 1 aromatic carbocycles. The van der Waals surface area contributed by atoms with Crippen LogP contribution in [0.25, 0.3) is 0 Å². The number of halogens is 1. The van der Waals surface area contributed by atoms with Gasteiger partial charge in [-0.05, 0) is 44.4 Å². The van der Waals surface area contributed by atoms with E-state index in [1.165, 1.54) is 18.2 Å². The largest absolute Gasteiger partial charge is 0.469 e. The maximum absolute atomic E-state index is 11.7. The molecule has 0 fully saturated rings. The molecule has 0 radical (unpaired) electrons. The standard InChI is InChI=1S/C14H21NO2.ClH/c1-9-6-7-11(8-10(9)2)12(15)14(3,4)13(16)17-5;/h6-8,12H,15H2,1-5H3;1H/t12-;/m0./s1. The van der Waals surface area contributed by atoms with Gasteiger partial charge in [-0.1, -0.05) is 18.2 Å². The quantitative estimate of drug-likeness (QED) is 0.860. The number of nitrogens with two attached hydrogens (primary N) is 1. The molecule has 18 heavy (non-hydrogen) atoms. The molecule has 0 spiro atoms. The van der Waals surface area contributed by atoms with Crippen LogP contribution in [0.2, 0.25) is 0 Å². The van der Waals surface area contributed by atoms with Gasteiger partial charge in [0.15, 0.2) is 0 Å². The molecule has 102 valence electrons. The summed E-state index contributed by atoms with van der Waals surface area (Å²) in [7, 11) is 1.39. The van der Waals surface area contributed by atoms with Gasteiger partial charge in [0.2, 0.25) is 0 Å². The number of carbonyl (C=O) groups is 1. The van der Waals surface area contributed by atoms with E-state index < -0.39 is 5.41 Å². The summed E-state index contributed by atoms with van der Waals surface area (Å²) in [6.45, 7) is 7.70. The fourth-order valence-corrected chi connectivity index (χ4v) is 1.76. The first-order chi connectivity index (χ1) is 7.80. The van der Waals surface area contributed by atoms with Gasteiger partial charge >= 0.3 is 5.97 Å². The molecule has 0 bridgehead atoms. The summed E-state index contributed by atoms with van der Waals surface area (Å²) >= 11 is 0. The summed E-state index contributed by atoms with van der Waals surface area (Å²) < 4.78 is 4.79. The van der Waals surface area contributed by atoms with E-state index in [9.17, 15) is 4.79 Å². The topological polar surface area (TPSA) is 52.3 Å². The Kier molecular flexibility index (Phi) is 5.84. The third kappa shape index (κ3) is 3.24. The SMILES string of the molecule is COC(=O)C(C)(C)[C@@H](N)c1ccc(C)c(C)c1.Cl. The summed E-state index contributed by atoms with van der Waals surface area (Å²) in [5, 5.41) is 0. The average molecular weight is 272 g/mol. The Morgan fingerprint density at radius 1 is 1.28 bits per heavy atom. The van der Waals surface area contributed by atoms with Crippen molar-refractivity contribution in [1.82, 2.24) is 0 Å². The van der Waals surface area contributed by atoms with Crippen LogP contribution in [0, 0.1) is 19.3 Å². The molecule has 1 atom stereocenters. The Balaban J connectivity index is 0.00000289. The Labute approximate surface area is 115 Å². The minimum Gasteiger partial charge on any atom is -0.469 e. The number of ether oxygens (including phenoxy) is 1. The lowest BCUT2D eigenvalue weighted by Crippen LogP contribution is -2.37. The highest BCUT2D eigenvalue weighted by molar-refractivity contribution is 5.85. The monoisotopic (exact) mass is 271 g/mol. The number of hydrogen-bond acceptors (Lipinski definition) is 3. The van der Waals surface area contributed by atoms with E-state index in [0.29, 0.717) is 0 Å². The van der Waals surface area contributed by atoms with Gasteiger partial charge < -0.3 is 10.5 Å². The van der Waals surface area contributed by atoms with Crippen LogP contribution in [-0.2, 0) is 9.53 Å². The van der Waals surface area contributed by atoms with Crippen LogP contribution in [0.5, 0.6) is 0 Å². The summed E-state index contributed by atoms with van der Waals surface area (Å²) in [5.41, 5.74) is 8.80. The normalized spacial score (nSPS) is 12.6. The van der Waals surface area contributed by atoms with E-state index >= 15 is 0 Å². The second-order valence-corrected chi connectivity index (χ2v) is 5.03. The molecule has 1 rings (SSSR count). The van der Waals surface area contributed by atoms with Gasteiger partial charge in [-0.3, -0.25) is 4.79 Å². The molecule has 0 aliphatic carbocycles. The van der Waals surface area contributed by atoms with Crippen LogP contribution in [0.3, 0.4) is 0 Å². The van der Waals surface area contributed by atoms with Crippen LogP contribution < -0.4 is 5.73 Å². The average Bonchev–Trinajstić information content (AvgIpc) is 2.30. The van der Waals surface area contributed by atoms with Crippen LogP contribution in [0.4, 0.5) is 0 Å². The number of benzene rings is 1. The van der Waals surface area contributed by atoms with Crippen molar-refractivity contribution in [3.8, 4) is 0 Å². The Morgan fingerprint density at radius 3 is 2.28 bits per heavy atom. The van der Waals surface area contributed by atoms with E-state index in [1.54, 1.807) is 13.8 Å². The zero-order valence-corrected chi connectivity index (χ0v) is 12.4. The molecule has 1 aromatic rings. The van der Waals surface area contributed by atoms with Crippen LogP contribution in [0.15, 0.2) is 18.2 Å². The molecule has 0 amide bonds. The minimum absolute atomic E-state index is 0. The van der Waals surface area contributed by atoms with Crippen molar-refractivity contribution in [2.24, 2.45) is 11.1 Å². The van der Waals surface area contributed by atoms with Crippen molar-refractivity contribution in [1.29, 1.82) is 0 Å². The van der Waals surface area contributed by atoms with E-state index in [2.05, 4.69) is 6.92 Å². The highest BCUT2D eigenvalue weighted by atomic mass is 35.5. The number of carbonyl (C=O) groups excluding carboxylic acids is 1. The first kappa shape index (κ1) is 16.9. The fourth-order valence-electron chi connectivity index (χ4n) is 1.76. The number of aryl methyl sites for hydroxylation is 2. The van der Waals surface area contributed by atoms with Gasteiger partial charge in [-0.2, -0.15) is 0 Å². The smallest absolute Gasteiger partial charge is 0.313 e. The minimum atomic E-state index is -0.726. The highest BCUT2D eigenvalue weighted by Crippen LogP contribution is 2.33. The number of esters is 1. The van der Waals surface area contributed by atoms with Gasteiger partial charge in [-0.15, -0.1) is 12.4 Å². The first-order valence-electron chi connectivity index (χ1n) is 5.72. The molecule has 3 nitrogen and oxygen atoms in total. The molecule has 0 aliphatic rings. The van der Waals surface area contributed by atoms with Crippen molar-refractivity contribution in [3.05, 3.63) is 34.9 Å². The Hall–Kier alpha value is -1.06. The molecule has 4 heteroatoms. The van der Waals surface area contributed by atoms with Gasteiger partial charge in [0.1, 0.15) is 0 Å². The maximum atomic E-state index is 11.7. The third-order valence-corrected chi connectivity index (χ3v) is 3.38. The molecule has 0 saturated carbocycles. The van der Waals surface area contributed by atoms with Crippen LogP contribution in [0.1, 0.15) is 36.6 Å². The van der Waals surface area contributed by atoms with E-state index in [4.69, 9.17) is 10.5 Å². The van der Waals surface area contributed by atoms with Gasteiger partial charge in [0, 0.05) is 6.04 Å². The number of hydrogen-bond donors (Lipinski definition) is 1. The second kappa shape index (κ2) is 6.21. The van der Waals surface area contributed by atoms with Crippen molar-refractivity contribution in [2.45, 2.75) is 33.7 Å². The Bertz CT molecular complexity index is 430. The molecule has 0 saturated heterocycles. The zero-order chi connectivity index (χ0) is 13.2. The van der Waals surface area contributed by atoms with Crippen molar-refractivity contribution >= 4 is 18.4 Å². The summed E-state index contributed by atoms with van der Waals surface area (Å²) in [5.74, 6) is -0.289. The van der Waals surface area contributed by atoms with E-state index in [1.807, 2.05) is 25.1 Å². The Morgan fingerprint density at radius 2 is 1.83 bits per heavy atom. The van der Waals surface area contributed by atoms with Crippen LogP contribution in [-0.4, -0.2) is 13.1 Å². The number of rotatable bonds is 3. The number of methoxy groups -OCH3 is 1. The molecule has 0 aromatic heterocycles. The molecule has 0 heterocycles.